The van der Waals surface area contributed by atoms with E-state index in [0.717, 1.165) is 0 Å². The number of hydrogen-bond acceptors (Lipinski definition) is 3. The van der Waals surface area contributed by atoms with E-state index in [4.69, 9.17) is 9.84 Å². The smallest absolute Gasteiger partial charge is 0.308 e. The van der Waals surface area contributed by atoms with Crippen LogP contribution in [0.5, 0.6) is 5.75 Å². The van der Waals surface area contributed by atoms with E-state index in [-0.39, 0.29) is 37.2 Å². The summed E-state index contributed by atoms with van der Waals surface area (Å²) in [7, 11) is 0. The Morgan fingerprint density at radius 1 is 1.32 bits per heavy atom. The van der Waals surface area contributed by atoms with Gasteiger partial charge in [-0.25, -0.2) is 4.39 Å². The molecule has 1 heterocycles. The molecule has 0 bridgehead atoms. The maximum absolute atomic E-state index is 12.8. The lowest BCUT2D eigenvalue weighted by Gasteiger charge is -2.34. The average molecular weight is 309 g/mol. The minimum Gasteiger partial charge on any atom is -0.493 e. The number of amides is 1. The summed E-state index contributed by atoms with van der Waals surface area (Å²) in [5.74, 6) is -1.12. The molecule has 5 nitrogen and oxygen atoms in total. The SMILES string of the molecule is CC1CC(C(=O)O)CN(C(=O)CCOc2ccc(F)cc2)C1. The van der Waals surface area contributed by atoms with Crippen LogP contribution in [0.25, 0.3) is 0 Å². The maximum Gasteiger partial charge on any atom is 0.308 e. The van der Waals surface area contributed by atoms with Gasteiger partial charge >= 0.3 is 5.97 Å². The summed E-state index contributed by atoms with van der Waals surface area (Å²) < 4.78 is 18.1. The van der Waals surface area contributed by atoms with Crippen molar-refractivity contribution in [1.29, 1.82) is 0 Å². The lowest BCUT2D eigenvalue weighted by molar-refractivity contribution is -0.147. The number of carbonyl (C=O) groups excluding carboxylic acids is 1. The summed E-state index contributed by atoms with van der Waals surface area (Å²) in [5, 5.41) is 9.11. The van der Waals surface area contributed by atoms with Gasteiger partial charge in [0.1, 0.15) is 11.6 Å². The van der Waals surface area contributed by atoms with Crippen molar-refractivity contribution in [3.8, 4) is 5.75 Å². The first-order valence-electron chi connectivity index (χ1n) is 7.34. The Morgan fingerprint density at radius 2 is 2.00 bits per heavy atom. The van der Waals surface area contributed by atoms with Crippen LogP contribution in [-0.2, 0) is 9.59 Å². The number of likely N-dealkylation sites (tertiary alicyclic amines) is 1. The summed E-state index contributed by atoms with van der Waals surface area (Å²) in [6.45, 7) is 2.98. The molecule has 0 saturated carbocycles. The molecule has 0 radical (unpaired) electrons. The van der Waals surface area contributed by atoms with Crippen molar-refractivity contribution in [2.24, 2.45) is 11.8 Å². The third-order valence-electron chi connectivity index (χ3n) is 3.76. The largest absolute Gasteiger partial charge is 0.493 e. The molecule has 0 aromatic heterocycles. The van der Waals surface area contributed by atoms with Crippen molar-refractivity contribution in [1.82, 2.24) is 4.90 Å². The molecule has 2 atom stereocenters. The van der Waals surface area contributed by atoms with Gasteiger partial charge in [0.05, 0.1) is 18.9 Å². The van der Waals surface area contributed by atoms with Gasteiger partial charge in [0, 0.05) is 13.1 Å². The van der Waals surface area contributed by atoms with Crippen LogP contribution in [0.4, 0.5) is 4.39 Å². The lowest BCUT2D eigenvalue weighted by atomic mass is 9.90. The highest BCUT2D eigenvalue weighted by Gasteiger charge is 2.31. The lowest BCUT2D eigenvalue weighted by Crippen LogP contribution is -2.45. The van der Waals surface area contributed by atoms with E-state index in [2.05, 4.69) is 0 Å². The van der Waals surface area contributed by atoms with E-state index in [1.807, 2.05) is 6.92 Å². The topological polar surface area (TPSA) is 66.8 Å². The zero-order valence-corrected chi connectivity index (χ0v) is 12.5. The molecular weight excluding hydrogens is 289 g/mol. The minimum absolute atomic E-state index is 0.111. The molecular formula is C16H20FNO4. The maximum atomic E-state index is 12.8. The fraction of sp³-hybridized carbons (Fsp3) is 0.500. The van der Waals surface area contributed by atoms with Crippen LogP contribution < -0.4 is 4.74 Å². The minimum atomic E-state index is -0.855. The molecule has 2 rings (SSSR count). The highest BCUT2D eigenvalue weighted by molar-refractivity contribution is 5.78. The van der Waals surface area contributed by atoms with Gasteiger partial charge in [-0.05, 0) is 36.6 Å². The second kappa shape index (κ2) is 7.24. The summed E-state index contributed by atoms with van der Waals surface area (Å²) in [6, 6.07) is 5.59. The summed E-state index contributed by atoms with van der Waals surface area (Å²) in [4.78, 5) is 24.8. The van der Waals surface area contributed by atoms with E-state index in [1.165, 1.54) is 24.3 Å². The van der Waals surface area contributed by atoms with Crippen molar-refractivity contribution in [3.63, 3.8) is 0 Å². The Bertz CT molecular complexity index is 531. The van der Waals surface area contributed by atoms with E-state index >= 15 is 0 Å². The molecule has 22 heavy (non-hydrogen) atoms. The van der Waals surface area contributed by atoms with Crippen molar-refractivity contribution in [2.75, 3.05) is 19.7 Å². The molecule has 2 unspecified atom stereocenters. The molecule has 1 aliphatic heterocycles. The highest BCUT2D eigenvalue weighted by Crippen LogP contribution is 2.22. The predicted molar refractivity (Wildman–Crippen MR) is 78.0 cm³/mol. The predicted octanol–water partition coefficient (Wildman–Crippen LogP) is 2.16. The molecule has 6 heteroatoms. The second-order valence-corrected chi connectivity index (χ2v) is 5.73. The summed E-state index contributed by atoms with van der Waals surface area (Å²) >= 11 is 0. The van der Waals surface area contributed by atoms with Gasteiger partial charge < -0.3 is 14.7 Å². The molecule has 1 saturated heterocycles. The fourth-order valence-corrected chi connectivity index (χ4v) is 2.68. The van der Waals surface area contributed by atoms with Crippen LogP contribution in [-0.4, -0.2) is 41.6 Å². The Kier molecular flexibility index (Phi) is 5.35. The van der Waals surface area contributed by atoms with Crippen molar-refractivity contribution in [2.45, 2.75) is 19.8 Å². The Labute approximate surface area is 128 Å². The van der Waals surface area contributed by atoms with Crippen LogP contribution in [0.2, 0.25) is 0 Å². The number of rotatable bonds is 5. The van der Waals surface area contributed by atoms with Crippen LogP contribution in [0.1, 0.15) is 19.8 Å². The number of piperidine rings is 1. The van der Waals surface area contributed by atoms with Crippen LogP contribution in [0.15, 0.2) is 24.3 Å². The van der Waals surface area contributed by atoms with Crippen molar-refractivity contribution >= 4 is 11.9 Å². The average Bonchev–Trinajstić information content (AvgIpc) is 2.48. The molecule has 1 amide bonds. The third-order valence-corrected chi connectivity index (χ3v) is 3.76. The monoisotopic (exact) mass is 309 g/mol. The van der Waals surface area contributed by atoms with Crippen LogP contribution in [0, 0.1) is 17.7 Å². The number of nitrogens with zero attached hydrogens (tertiary/aromatic N) is 1. The number of hydrogen-bond donors (Lipinski definition) is 1. The zero-order valence-electron chi connectivity index (χ0n) is 12.5. The molecule has 0 spiro atoms. The first-order valence-corrected chi connectivity index (χ1v) is 7.34. The molecule has 1 aromatic carbocycles. The number of carboxylic acids is 1. The Hall–Kier alpha value is -2.11. The molecule has 1 aliphatic rings. The van der Waals surface area contributed by atoms with E-state index in [9.17, 15) is 14.0 Å². The molecule has 1 fully saturated rings. The molecule has 1 N–H and O–H groups in total. The normalized spacial score (nSPS) is 21.5. The first kappa shape index (κ1) is 16.3. The number of aliphatic carboxylic acids is 1. The number of ether oxygens (including phenoxy) is 1. The standard InChI is InChI=1S/C16H20FNO4/c1-11-8-12(16(20)21)10-18(9-11)15(19)6-7-22-14-4-2-13(17)3-5-14/h2-5,11-12H,6-10H2,1H3,(H,20,21). The van der Waals surface area contributed by atoms with E-state index in [0.29, 0.717) is 18.7 Å². The van der Waals surface area contributed by atoms with Crippen LogP contribution >= 0.6 is 0 Å². The number of carboxylic acid groups (broad SMARTS) is 1. The molecule has 120 valence electrons. The van der Waals surface area contributed by atoms with Gasteiger partial charge in [0.2, 0.25) is 5.91 Å². The Morgan fingerprint density at radius 3 is 2.64 bits per heavy atom. The van der Waals surface area contributed by atoms with Crippen LogP contribution in [0.3, 0.4) is 0 Å². The fourth-order valence-electron chi connectivity index (χ4n) is 2.68. The quantitative estimate of drug-likeness (QED) is 0.905. The number of benzene rings is 1. The molecule has 1 aromatic rings. The number of carbonyl (C=O) groups is 2. The summed E-state index contributed by atoms with van der Waals surface area (Å²) in [5.41, 5.74) is 0. The first-order chi connectivity index (χ1) is 10.5. The van der Waals surface area contributed by atoms with Gasteiger partial charge in [0.25, 0.3) is 0 Å². The molecule has 0 aliphatic carbocycles. The van der Waals surface area contributed by atoms with E-state index < -0.39 is 11.9 Å². The van der Waals surface area contributed by atoms with Crippen molar-refractivity contribution in [3.05, 3.63) is 30.1 Å². The van der Waals surface area contributed by atoms with Gasteiger partial charge in [-0.15, -0.1) is 0 Å². The number of halogens is 1. The van der Waals surface area contributed by atoms with Gasteiger partial charge in [-0.1, -0.05) is 6.92 Å². The highest BCUT2D eigenvalue weighted by atomic mass is 19.1. The zero-order chi connectivity index (χ0) is 16.1. The van der Waals surface area contributed by atoms with Crippen molar-refractivity contribution < 1.29 is 23.8 Å². The van der Waals surface area contributed by atoms with Gasteiger partial charge in [-0.3, -0.25) is 9.59 Å². The van der Waals surface area contributed by atoms with Gasteiger partial charge in [0.15, 0.2) is 0 Å². The Balaban J connectivity index is 1.81. The second-order valence-electron chi connectivity index (χ2n) is 5.73. The summed E-state index contributed by atoms with van der Waals surface area (Å²) in [6.07, 6.45) is 0.779. The van der Waals surface area contributed by atoms with Gasteiger partial charge in [-0.2, -0.15) is 0 Å². The third kappa shape index (κ3) is 4.44. The van der Waals surface area contributed by atoms with E-state index in [1.54, 1.807) is 4.90 Å².